The molecule has 0 amide bonds. The number of hydrogen-bond acceptors (Lipinski definition) is 2. The van der Waals surface area contributed by atoms with E-state index in [4.69, 9.17) is 12.2 Å². The van der Waals surface area contributed by atoms with E-state index >= 15 is 0 Å². The molecular formula is C17H26N4OS2. The highest BCUT2D eigenvalue weighted by atomic mass is 32.2. The third-order valence-electron chi connectivity index (χ3n) is 5.48. The number of rotatable bonds is 2. The van der Waals surface area contributed by atoms with Crippen LogP contribution in [-0.4, -0.2) is 30.4 Å². The highest BCUT2D eigenvalue weighted by Gasteiger charge is 2.26. The first kappa shape index (κ1) is 16.4. The predicted molar refractivity (Wildman–Crippen MR) is 103 cm³/mol. The standard InChI is InChI=1S/C17H26N4OS2/c22-15-13-14(19-16(23)18-13)20-17(21-15)24(11-7-3-1-4-8-11)12-9-5-2-6-10-12/h11-12,20H,1-10H2,(H,21,22)(H2,18,19,23). The number of aromatic nitrogens is 4. The highest BCUT2D eigenvalue weighted by molar-refractivity contribution is 8.10. The van der Waals surface area contributed by atoms with Crippen molar-refractivity contribution in [2.45, 2.75) is 74.7 Å². The molecule has 5 nitrogen and oxygen atoms in total. The lowest BCUT2D eigenvalue weighted by Gasteiger charge is -2.33. The van der Waals surface area contributed by atoms with Gasteiger partial charge in [0.2, 0.25) is 0 Å². The third-order valence-corrected chi connectivity index (χ3v) is 8.74. The Bertz CT molecular complexity index is 871. The van der Waals surface area contributed by atoms with Crippen molar-refractivity contribution < 1.29 is 0 Å². The first-order valence-electron chi connectivity index (χ1n) is 9.22. The largest absolute Gasteiger partial charge is 0.325 e. The quantitative estimate of drug-likeness (QED) is 0.581. The number of H-pyrrole nitrogens is 4. The molecule has 2 saturated carbocycles. The monoisotopic (exact) mass is 366 g/mol. The summed E-state index contributed by atoms with van der Waals surface area (Å²) in [7, 11) is 0.103. The minimum atomic E-state index is -0.0600. The second-order valence-electron chi connectivity index (χ2n) is 7.13. The molecule has 0 aliphatic heterocycles. The molecule has 0 atom stereocenters. The van der Waals surface area contributed by atoms with Crippen molar-refractivity contribution in [3.8, 4) is 0 Å². The van der Waals surface area contributed by atoms with Gasteiger partial charge in [0.05, 0.1) is 0 Å². The van der Waals surface area contributed by atoms with Crippen molar-refractivity contribution >= 4 is 33.9 Å². The molecule has 2 fully saturated rings. The van der Waals surface area contributed by atoms with E-state index in [1.165, 1.54) is 64.2 Å². The van der Waals surface area contributed by atoms with Gasteiger partial charge in [-0.05, 0) is 37.9 Å². The van der Waals surface area contributed by atoms with E-state index in [1.54, 1.807) is 0 Å². The van der Waals surface area contributed by atoms with Gasteiger partial charge in [0.15, 0.2) is 4.77 Å². The van der Waals surface area contributed by atoms with Gasteiger partial charge in [0.25, 0.3) is 5.56 Å². The van der Waals surface area contributed by atoms with Crippen molar-refractivity contribution in [3.63, 3.8) is 0 Å². The molecule has 4 N–H and O–H groups in total. The summed E-state index contributed by atoms with van der Waals surface area (Å²) in [6.45, 7) is 0. The zero-order valence-corrected chi connectivity index (χ0v) is 15.6. The minimum absolute atomic E-state index is 0.0600. The van der Waals surface area contributed by atoms with Crippen molar-refractivity contribution in [1.29, 1.82) is 0 Å². The van der Waals surface area contributed by atoms with Crippen LogP contribution in [0.4, 0.5) is 0 Å². The highest BCUT2D eigenvalue weighted by Crippen LogP contribution is 2.43. The van der Waals surface area contributed by atoms with Crippen LogP contribution in [0.25, 0.3) is 11.2 Å². The van der Waals surface area contributed by atoms with Crippen LogP contribution in [0, 0.1) is 9.54 Å². The van der Waals surface area contributed by atoms with Crippen molar-refractivity contribution in [3.05, 3.63) is 19.9 Å². The first-order valence-corrected chi connectivity index (χ1v) is 11.0. The molecule has 2 heterocycles. The van der Waals surface area contributed by atoms with Crippen molar-refractivity contribution in [2.75, 3.05) is 0 Å². The Balaban J connectivity index is 1.91. The van der Waals surface area contributed by atoms with Crippen LogP contribution in [0.15, 0.2) is 4.79 Å². The van der Waals surface area contributed by atoms with Crippen LogP contribution in [0.2, 0.25) is 0 Å². The Morgan fingerprint density at radius 2 is 1.38 bits per heavy atom. The van der Waals surface area contributed by atoms with Crippen LogP contribution < -0.4 is 5.56 Å². The average molecular weight is 367 g/mol. The van der Waals surface area contributed by atoms with Crippen LogP contribution >= 0.6 is 22.7 Å². The minimum Gasteiger partial charge on any atom is -0.325 e. The molecule has 24 heavy (non-hydrogen) atoms. The van der Waals surface area contributed by atoms with E-state index in [0.717, 1.165) is 10.4 Å². The summed E-state index contributed by atoms with van der Waals surface area (Å²) in [5.41, 5.74) is 1.21. The topological polar surface area (TPSA) is 80.2 Å². The van der Waals surface area contributed by atoms with Crippen LogP contribution in [-0.2, 0) is 0 Å². The summed E-state index contributed by atoms with van der Waals surface area (Å²) in [5.74, 6) is 0. The second kappa shape index (κ2) is 7.04. The maximum atomic E-state index is 12.5. The fourth-order valence-corrected chi connectivity index (χ4v) is 7.85. The Morgan fingerprint density at radius 1 is 0.792 bits per heavy atom. The molecule has 2 aromatic heterocycles. The van der Waals surface area contributed by atoms with E-state index in [2.05, 4.69) is 19.9 Å². The van der Waals surface area contributed by atoms with E-state index in [-0.39, 0.29) is 16.0 Å². The first-order chi connectivity index (χ1) is 11.7. The van der Waals surface area contributed by atoms with Crippen molar-refractivity contribution in [2.24, 2.45) is 0 Å². The summed E-state index contributed by atoms with van der Waals surface area (Å²) >= 11 is 5.15. The van der Waals surface area contributed by atoms with Gasteiger partial charge >= 0.3 is 0 Å². The predicted octanol–water partition coefficient (Wildman–Crippen LogP) is 4.71. The summed E-state index contributed by atoms with van der Waals surface area (Å²) in [6.07, 6.45) is 13.3. The van der Waals surface area contributed by atoms with Gasteiger partial charge in [-0.1, -0.05) is 38.5 Å². The molecule has 0 bridgehead atoms. The second-order valence-corrected chi connectivity index (χ2v) is 10.0. The normalized spacial score (nSPS) is 20.9. The van der Waals surface area contributed by atoms with Crippen molar-refractivity contribution in [1.82, 2.24) is 19.9 Å². The van der Waals surface area contributed by atoms with E-state index in [9.17, 15) is 4.79 Å². The molecular weight excluding hydrogens is 340 g/mol. The fraction of sp³-hybridized carbons (Fsp3) is 0.706. The molecule has 0 saturated heterocycles. The maximum absolute atomic E-state index is 12.5. The summed E-state index contributed by atoms with van der Waals surface area (Å²) < 4.78 is 1.54. The van der Waals surface area contributed by atoms with E-state index in [0.29, 0.717) is 20.8 Å². The smallest absolute Gasteiger partial charge is 0.277 e. The number of hydrogen-bond donors (Lipinski definition) is 4. The van der Waals surface area contributed by atoms with Gasteiger partial charge in [-0.2, -0.15) is 0 Å². The Kier molecular flexibility index (Phi) is 4.81. The lowest BCUT2D eigenvalue weighted by atomic mass is 10.00. The van der Waals surface area contributed by atoms with E-state index < -0.39 is 0 Å². The molecule has 2 aliphatic rings. The molecule has 132 valence electrons. The molecule has 0 radical (unpaired) electrons. The maximum Gasteiger partial charge on any atom is 0.277 e. The molecule has 0 unspecified atom stereocenters. The Morgan fingerprint density at radius 3 is 1.96 bits per heavy atom. The van der Waals surface area contributed by atoms with Crippen LogP contribution in [0.1, 0.15) is 64.2 Å². The molecule has 0 spiro atoms. The summed E-state index contributed by atoms with van der Waals surface area (Å²) in [4.78, 5) is 25.2. The van der Waals surface area contributed by atoms with Gasteiger partial charge in [-0.3, -0.25) is 4.79 Å². The molecule has 2 aromatic rings. The van der Waals surface area contributed by atoms with Gasteiger partial charge in [0.1, 0.15) is 15.9 Å². The zero-order valence-electron chi connectivity index (χ0n) is 14.0. The Labute approximate surface area is 148 Å². The summed E-state index contributed by atoms with van der Waals surface area (Å²) in [5, 5.41) is 1.43. The van der Waals surface area contributed by atoms with Gasteiger partial charge in [-0.15, -0.1) is 10.5 Å². The van der Waals surface area contributed by atoms with Gasteiger partial charge < -0.3 is 19.9 Å². The van der Waals surface area contributed by atoms with E-state index in [1.807, 2.05) is 0 Å². The SMILES string of the molecule is O=c1[nH]c(=S(C2CCCCC2)C2CCCCC2)[nH]c2[nH]c(=S)[nH]c12. The lowest BCUT2D eigenvalue weighted by molar-refractivity contribution is 0.493. The number of imidazole rings is 1. The molecule has 4 rings (SSSR count). The van der Waals surface area contributed by atoms with Crippen LogP contribution in [0.3, 0.4) is 0 Å². The fourth-order valence-electron chi connectivity index (χ4n) is 4.32. The zero-order chi connectivity index (χ0) is 16.5. The Hall–Kier alpha value is -1.08. The molecule has 2 aliphatic carbocycles. The van der Waals surface area contributed by atoms with Gasteiger partial charge in [-0.25, -0.2) is 0 Å². The lowest BCUT2D eigenvalue weighted by Crippen LogP contribution is -2.21. The number of nitrogens with one attached hydrogen (secondary N) is 4. The molecule has 0 aromatic carbocycles. The third kappa shape index (κ3) is 3.20. The van der Waals surface area contributed by atoms with Gasteiger partial charge in [0, 0.05) is 10.5 Å². The molecule has 7 heteroatoms. The van der Waals surface area contributed by atoms with Crippen LogP contribution in [0.5, 0.6) is 0 Å². The number of aromatic amines is 4. The summed E-state index contributed by atoms with van der Waals surface area (Å²) in [6, 6.07) is 0. The number of fused-ring (bicyclic) bond motifs is 1. The average Bonchev–Trinajstić information content (AvgIpc) is 2.98.